The molecule has 0 aromatic carbocycles. The quantitative estimate of drug-likeness (QED) is 0.594. The monoisotopic (exact) mass is 213 g/mol. The van der Waals surface area contributed by atoms with Crippen LogP contribution in [0.3, 0.4) is 0 Å². The van der Waals surface area contributed by atoms with E-state index in [0.717, 1.165) is 10.8 Å². The smallest absolute Gasteiger partial charge is 0.156 e. The van der Waals surface area contributed by atoms with Gasteiger partial charge in [-0.25, -0.2) is 9.97 Å². The maximum absolute atomic E-state index is 5.63. The van der Waals surface area contributed by atoms with E-state index in [1.807, 2.05) is 13.8 Å². The van der Waals surface area contributed by atoms with Gasteiger partial charge < -0.3 is 10.5 Å². The van der Waals surface area contributed by atoms with Crippen molar-refractivity contribution in [1.29, 1.82) is 0 Å². The van der Waals surface area contributed by atoms with Gasteiger partial charge in [-0.3, -0.25) is 0 Å². The number of nitrogens with two attached hydrogens (primary N) is 1. The van der Waals surface area contributed by atoms with Crippen LogP contribution in [-0.4, -0.2) is 28.4 Å². The molecule has 0 spiro atoms. The maximum atomic E-state index is 5.63. The number of ether oxygens (including phenoxy) is 1. The third-order valence-electron chi connectivity index (χ3n) is 1.46. The van der Waals surface area contributed by atoms with Crippen molar-refractivity contribution in [3.63, 3.8) is 0 Å². The number of rotatable bonds is 5. The van der Waals surface area contributed by atoms with Gasteiger partial charge in [0.25, 0.3) is 0 Å². The fraction of sp³-hybridized carbons (Fsp3) is 0.556. The Morgan fingerprint density at radius 1 is 1.43 bits per heavy atom. The van der Waals surface area contributed by atoms with Crippen molar-refractivity contribution in [2.75, 3.05) is 18.1 Å². The predicted molar refractivity (Wildman–Crippen MR) is 58.3 cm³/mol. The lowest BCUT2D eigenvalue weighted by molar-refractivity contribution is 0.0920. The molecule has 0 atom stereocenters. The highest BCUT2D eigenvalue weighted by Gasteiger charge is 2.01. The molecule has 4 nitrogen and oxygen atoms in total. The van der Waals surface area contributed by atoms with Gasteiger partial charge in [-0.15, -0.1) is 11.8 Å². The van der Waals surface area contributed by atoms with Crippen molar-refractivity contribution >= 4 is 17.6 Å². The molecule has 5 heteroatoms. The maximum Gasteiger partial charge on any atom is 0.156 e. The van der Waals surface area contributed by atoms with E-state index in [2.05, 4.69) is 9.97 Å². The Kier molecular flexibility index (Phi) is 4.69. The van der Waals surface area contributed by atoms with Crippen LogP contribution in [0.1, 0.15) is 13.8 Å². The van der Waals surface area contributed by atoms with E-state index >= 15 is 0 Å². The number of nitrogen functional groups attached to an aromatic ring is 1. The molecular formula is C9H15N3OS. The summed E-state index contributed by atoms with van der Waals surface area (Å²) < 4.78 is 5.39. The fourth-order valence-electron chi connectivity index (χ4n) is 0.869. The van der Waals surface area contributed by atoms with Gasteiger partial charge in [-0.1, -0.05) is 0 Å². The molecule has 0 fully saturated rings. The minimum Gasteiger partial charge on any atom is -0.381 e. The molecule has 0 unspecified atom stereocenters. The van der Waals surface area contributed by atoms with Crippen LogP contribution in [0.5, 0.6) is 0 Å². The Morgan fingerprint density at radius 3 is 2.79 bits per heavy atom. The number of hydrogen-bond acceptors (Lipinski definition) is 5. The minimum absolute atomic E-state index is 0.273. The van der Waals surface area contributed by atoms with Crippen molar-refractivity contribution in [2.45, 2.75) is 25.0 Å². The molecule has 1 aromatic rings. The second-order valence-corrected chi connectivity index (χ2v) is 4.10. The average molecular weight is 213 g/mol. The van der Waals surface area contributed by atoms with Crippen LogP contribution in [0, 0.1) is 0 Å². The first-order valence-corrected chi connectivity index (χ1v) is 5.49. The van der Waals surface area contributed by atoms with Crippen LogP contribution < -0.4 is 5.73 Å². The topological polar surface area (TPSA) is 61.0 Å². The number of anilines is 1. The lowest BCUT2D eigenvalue weighted by Crippen LogP contribution is -2.06. The zero-order chi connectivity index (χ0) is 10.4. The van der Waals surface area contributed by atoms with Crippen LogP contribution >= 0.6 is 11.8 Å². The van der Waals surface area contributed by atoms with E-state index < -0.39 is 0 Å². The second kappa shape index (κ2) is 5.82. The molecule has 0 aliphatic heterocycles. The first-order chi connectivity index (χ1) is 6.70. The molecule has 1 rings (SSSR count). The zero-order valence-electron chi connectivity index (χ0n) is 8.43. The van der Waals surface area contributed by atoms with Gasteiger partial charge in [0.1, 0.15) is 5.03 Å². The first-order valence-electron chi connectivity index (χ1n) is 4.51. The zero-order valence-corrected chi connectivity index (χ0v) is 9.25. The number of thioether (sulfide) groups is 1. The summed E-state index contributed by atoms with van der Waals surface area (Å²) >= 11 is 1.57. The van der Waals surface area contributed by atoms with Gasteiger partial charge in [0, 0.05) is 18.1 Å². The molecular weight excluding hydrogens is 198 g/mol. The predicted octanol–water partition coefficient (Wildman–Crippen LogP) is 1.58. The van der Waals surface area contributed by atoms with Crippen LogP contribution in [0.4, 0.5) is 5.82 Å². The highest BCUT2D eigenvalue weighted by molar-refractivity contribution is 7.99. The van der Waals surface area contributed by atoms with E-state index in [1.54, 1.807) is 24.2 Å². The van der Waals surface area contributed by atoms with Gasteiger partial charge in [0.15, 0.2) is 5.82 Å². The Labute approximate surface area is 88.3 Å². The van der Waals surface area contributed by atoms with Crippen LogP contribution in [0.15, 0.2) is 17.4 Å². The Bertz CT molecular complexity index is 281. The van der Waals surface area contributed by atoms with Gasteiger partial charge >= 0.3 is 0 Å². The van der Waals surface area contributed by atoms with Crippen molar-refractivity contribution < 1.29 is 4.74 Å². The number of hydrogen-bond donors (Lipinski definition) is 1. The Hall–Kier alpha value is -0.810. The van der Waals surface area contributed by atoms with E-state index in [-0.39, 0.29) is 6.10 Å². The van der Waals surface area contributed by atoms with Crippen molar-refractivity contribution in [3.8, 4) is 0 Å². The summed E-state index contributed by atoms with van der Waals surface area (Å²) in [7, 11) is 0. The molecule has 0 saturated heterocycles. The van der Waals surface area contributed by atoms with Crippen LogP contribution in [0.2, 0.25) is 0 Å². The highest BCUT2D eigenvalue weighted by atomic mass is 32.2. The Balaban J connectivity index is 2.28. The summed E-state index contributed by atoms with van der Waals surface area (Å²) in [5, 5.41) is 0.778. The summed E-state index contributed by atoms with van der Waals surface area (Å²) in [6.45, 7) is 4.74. The largest absolute Gasteiger partial charge is 0.381 e. The molecule has 1 aromatic heterocycles. The van der Waals surface area contributed by atoms with E-state index in [0.29, 0.717) is 12.4 Å². The normalized spacial score (nSPS) is 10.8. The molecule has 0 aliphatic rings. The standard InChI is InChI=1S/C9H15N3OS/c1-7(2)13-5-6-14-9-8(10)11-3-4-12-9/h3-4,7H,5-6H2,1-2H3,(H2,10,11). The molecule has 0 saturated carbocycles. The van der Waals surface area contributed by atoms with Crippen LogP contribution in [-0.2, 0) is 4.74 Å². The summed E-state index contributed by atoms with van der Waals surface area (Å²) in [6, 6.07) is 0. The van der Waals surface area contributed by atoms with Gasteiger partial charge in [0.2, 0.25) is 0 Å². The average Bonchev–Trinajstić information content (AvgIpc) is 2.15. The van der Waals surface area contributed by atoms with Gasteiger partial charge in [0.05, 0.1) is 12.7 Å². The molecule has 1 heterocycles. The molecule has 0 radical (unpaired) electrons. The van der Waals surface area contributed by atoms with Crippen LogP contribution in [0.25, 0.3) is 0 Å². The Morgan fingerprint density at radius 2 is 2.14 bits per heavy atom. The van der Waals surface area contributed by atoms with Crippen molar-refractivity contribution in [3.05, 3.63) is 12.4 Å². The SMILES string of the molecule is CC(C)OCCSc1nccnc1N. The molecule has 0 aliphatic carbocycles. The molecule has 78 valence electrons. The van der Waals surface area contributed by atoms with Gasteiger partial charge in [-0.05, 0) is 13.8 Å². The first kappa shape index (κ1) is 11.3. The molecule has 0 bridgehead atoms. The minimum atomic E-state index is 0.273. The van der Waals surface area contributed by atoms with E-state index in [1.165, 1.54) is 0 Å². The fourth-order valence-corrected chi connectivity index (χ4v) is 1.58. The third kappa shape index (κ3) is 3.93. The molecule has 0 amide bonds. The summed E-state index contributed by atoms with van der Waals surface area (Å²) in [4.78, 5) is 8.06. The summed E-state index contributed by atoms with van der Waals surface area (Å²) in [6.07, 6.45) is 3.50. The van der Waals surface area contributed by atoms with Crippen molar-refractivity contribution in [2.24, 2.45) is 0 Å². The summed E-state index contributed by atoms with van der Waals surface area (Å²) in [5.74, 6) is 1.34. The van der Waals surface area contributed by atoms with E-state index in [4.69, 9.17) is 10.5 Å². The lowest BCUT2D eigenvalue weighted by Gasteiger charge is -2.06. The third-order valence-corrected chi connectivity index (χ3v) is 2.42. The van der Waals surface area contributed by atoms with E-state index in [9.17, 15) is 0 Å². The molecule has 14 heavy (non-hydrogen) atoms. The summed E-state index contributed by atoms with van der Waals surface area (Å²) in [5.41, 5.74) is 5.63. The highest BCUT2D eigenvalue weighted by Crippen LogP contribution is 2.19. The second-order valence-electron chi connectivity index (χ2n) is 3.01. The lowest BCUT2D eigenvalue weighted by atomic mass is 10.5. The van der Waals surface area contributed by atoms with Crippen molar-refractivity contribution in [1.82, 2.24) is 9.97 Å². The number of aromatic nitrogens is 2. The van der Waals surface area contributed by atoms with Gasteiger partial charge in [-0.2, -0.15) is 0 Å². The number of nitrogens with zero attached hydrogens (tertiary/aromatic N) is 2. The molecule has 2 N–H and O–H groups in total.